The van der Waals surface area contributed by atoms with Crippen molar-refractivity contribution >= 4 is 20.8 Å². The fraction of sp³-hybridized carbons (Fsp3) is 0.375. The van der Waals surface area contributed by atoms with Gasteiger partial charge in [-0.2, -0.15) is 0 Å². The molecule has 0 saturated heterocycles. The molecule has 3 nitrogen and oxygen atoms in total. The Morgan fingerprint density at radius 3 is 2.50 bits per heavy atom. The van der Waals surface area contributed by atoms with Gasteiger partial charge in [-0.15, -0.1) is 0 Å². The lowest BCUT2D eigenvalue weighted by Gasteiger charge is -2.12. The van der Waals surface area contributed by atoms with Crippen molar-refractivity contribution in [2.75, 3.05) is 6.54 Å². The predicted octanol–water partition coefficient (Wildman–Crippen LogP) is 3.31. The molecule has 2 aromatic rings. The van der Waals surface area contributed by atoms with Gasteiger partial charge in [-0.25, -0.2) is 13.1 Å². The minimum absolute atomic E-state index is 0.383. The lowest BCUT2D eigenvalue weighted by molar-refractivity contribution is 0.520. The van der Waals surface area contributed by atoms with Crippen LogP contribution in [0.4, 0.5) is 0 Å². The van der Waals surface area contributed by atoms with E-state index in [0.717, 1.165) is 23.6 Å². The van der Waals surface area contributed by atoms with E-state index >= 15 is 0 Å². The third-order valence-electron chi connectivity index (χ3n) is 4.08. The van der Waals surface area contributed by atoms with Gasteiger partial charge >= 0.3 is 0 Å². The van der Waals surface area contributed by atoms with Gasteiger partial charge in [0.05, 0.1) is 4.90 Å². The zero-order valence-electron chi connectivity index (χ0n) is 11.4. The van der Waals surface area contributed by atoms with Crippen LogP contribution in [0.15, 0.2) is 47.4 Å². The van der Waals surface area contributed by atoms with E-state index in [4.69, 9.17) is 0 Å². The Bertz CT molecular complexity index is 698. The zero-order valence-corrected chi connectivity index (χ0v) is 12.2. The molecule has 0 aromatic heterocycles. The molecule has 0 amide bonds. The largest absolute Gasteiger partial charge is 0.241 e. The molecule has 1 fully saturated rings. The van der Waals surface area contributed by atoms with Crippen LogP contribution in [0, 0.1) is 5.92 Å². The monoisotopic (exact) mass is 289 g/mol. The molecule has 0 bridgehead atoms. The Kier molecular flexibility index (Phi) is 3.76. The van der Waals surface area contributed by atoms with E-state index in [1.54, 1.807) is 12.1 Å². The van der Waals surface area contributed by atoms with Crippen molar-refractivity contribution in [3.05, 3.63) is 42.5 Å². The highest BCUT2D eigenvalue weighted by Crippen LogP contribution is 2.26. The number of fused-ring (bicyclic) bond motifs is 1. The molecule has 3 rings (SSSR count). The van der Waals surface area contributed by atoms with Gasteiger partial charge in [-0.05, 0) is 30.2 Å². The normalized spacial score (nSPS) is 16.8. The smallest absolute Gasteiger partial charge is 0.211 e. The highest BCUT2D eigenvalue weighted by molar-refractivity contribution is 7.89. The number of benzene rings is 2. The highest BCUT2D eigenvalue weighted by Gasteiger charge is 2.21. The molecule has 0 unspecified atom stereocenters. The van der Waals surface area contributed by atoms with E-state index in [-0.39, 0.29) is 0 Å². The highest BCUT2D eigenvalue weighted by atomic mass is 32.2. The van der Waals surface area contributed by atoms with Crippen LogP contribution in [0.5, 0.6) is 0 Å². The molecular formula is C16H19NO2S. The molecule has 4 heteroatoms. The third kappa shape index (κ3) is 2.72. The van der Waals surface area contributed by atoms with E-state index in [2.05, 4.69) is 4.72 Å². The van der Waals surface area contributed by atoms with Crippen LogP contribution in [0.1, 0.15) is 25.7 Å². The fourth-order valence-electron chi connectivity index (χ4n) is 2.95. The van der Waals surface area contributed by atoms with Crippen molar-refractivity contribution in [3.63, 3.8) is 0 Å². The SMILES string of the molecule is O=S(=O)(NCC1CCCC1)c1cccc2ccccc12. The van der Waals surface area contributed by atoms with E-state index < -0.39 is 10.0 Å². The van der Waals surface area contributed by atoms with Crippen LogP contribution in [0.2, 0.25) is 0 Å². The van der Waals surface area contributed by atoms with Gasteiger partial charge in [0.25, 0.3) is 0 Å². The van der Waals surface area contributed by atoms with Crippen molar-refractivity contribution in [2.24, 2.45) is 5.92 Å². The van der Waals surface area contributed by atoms with Crippen LogP contribution in [0.3, 0.4) is 0 Å². The molecule has 0 radical (unpaired) electrons. The predicted molar refractivity (Wildman–Crippen MR) is 81.1 cm³/mol. The Hall–Kier alpha value is -1.39. The second-order valence-electron chi connectivity index (χ2n) is 5.48. The molecule has 20 heavy (non-hydrogen) atoms. The Morgan fingerprint density at radius 1 is 1.00 bits per heavy atom. The average molecular weight is 289 g/mol. The summed E-state index contributed by atoms with van der Waals surface area (Å²) in [6.45, 7) is 0.561. The van der Waals surface area contributed by atoms with Crippen molar-refractivity contribution in [2.45, 2.75) is 30.6 Å². The van der Waals surface area contributed by atoms with Crippen LogP contribution in [-0.4, -0.2) is 15.0 Å². The zero-order chi connectivity index (χ0) is 14.0. The van der Waals surface area contributed by atoms with E-state index in [0.29, 0.717) is 17.4 Å². The van der Waals surface area contributed by atoms with Crippen molar-refractivity contribution in [3.8, 4) is 0 Å². The lowest BCUT2D eigenvalue weighted by Crippen LogP contribution is -2.28. The summed E-state index contributed by atoms with van der Waals surface area (Å²) in [4.78, 5) is 0.383. The van der Waals surface area contributed by atoms with Gasteiger partial charge in [0.15, 0.2) is 0 Å². The van der Waals surface area contributed by atoms with Gasteiger partial charge in [0, 0.05) is 11.9 Å². The molecule has 106 valence electrons. The van der Waals surface area contributed by atoms with Gasteiger partial charge in [-0.3, -0.25) is 0 Å². The first-order valence-electron chi connectivity index (χ1n) is 7.14. The molecule has 0 atom stereocenters. The molecule has 1 aliphatic rings. The van der Waals surface area contributed by atoms with Crippen LogP contribution in [0.25, 0.3) is 10.8 Å². The van der Waals surface area contributed by atoms with Gasteiger partial charge in [-0.1, -0.05) is 49.2 Å². The average Bonchev–Trinajstić information content (AvgIpc) is 2.98. The summed E-state index contributed by atoms with van der Waals surface area (Å²) >= 11 is 0. The summed E-state index contributed by atoms with van der Waals surface area (Å²) in [5.74, 6) is 0.500. The molecule has 1 aliphatic carbocycles. The minimum Gasteiger partial charge on any atom is -0.211 e. The van der Waals surface area contributed by atoms with Crippen LogP contribution >= 0.6 is 0 Å². The second-order valence-corrected chi connectivity index (χ2v) is 7.22. The first-order chi connectivity index (χ1) is 9.67. The summed E-state index contributed by atoms with van der Waals surface area (Å²) in [7, 11) is -3.42. The van der Waals surface area contributed by atoms with Gasteiger partial charge in [0.2, 0.25) is 10.0 Å². The summed E-state index contributed by atoms with van der Waals surface area (Å²) < 4.78 is 27.8. The quantitative estimate of drug-likeness (QED) is 0.938. The van der Waals surface area contributed by atoms with E-state index in [9.17, 15) is 8.42 Å². The second kappa shape index (κ2) is 5.54. The maximum absolute atomic E-state index is 12.5. The molecule has 2 aromatic carbocycles. The Morgan fingerprint density at radius 2 is 1.70 bits per heavy atom. The van der Waals surface area contributed by atoms with Crippen LogP contribution in [-0.2, 0) is 10.0 Å². The molecule has 1 saturated carbocycles. The first-order valence-corrected chi connectivity index (χ1v) is 8.62. The van der Waals surface area contributed by atoms with Crippen molar-refractivity contribution < 1.29 is 8.42 Å². The van der Waals surface area contributed by atoms with Crippen molar-refractivity contribution in [1.29, 1.82) is 0 Å². The van der Waals surface area contributed by atoms with Crippen LogP contribution < -0.4 is 4.72 Å². The summed E-state index contributed by atoms with van der Waals surface area (Å²) in [5, 5.41) is 1.74. The van der Waals surface area contributed by atoms with Gasteiger partial charge < -0.3 is 0 Å². The van der Waals surface area contributed by atoms with Crippen molar-refractivity contribution in [1.82, 2.24) is 4.72 Å². The number of rotatable bonds is 4. The maximum Gasteiger partial charge on any atom is 0.241 e. The number of nitrogens with one attached hydrogen (secondary N) is 1. The third-order valence-corrected chi connectivity index (χ3v) is 5.56. The maximum atomic E-state index is 12.5. The minimum atomic E-state index is -3.42. The standard InChI is InChI=1S/C16H19NO2S/c18-20(19,17-12-13-6-1-2-7-13)16-11-5-9-14-8-3-4-10-15(14)16/h3-5,8-11,13,17H,1-2,6-7,12H2. The lowest BCUT2D eigenvalue weighted by atomic mass is 10.1. The fourth-order valence-corrected chi connectivity index (χ4v) is 4.29. The summed E-state index contributed by atoms with van der Waals surface area (Å²) in [5.41, 5.74) is 0. The first kappa shape index (κ1) is 13.6. The molecular weight excluding hydrogens is 270 g/mol. The van der Waals surface area contributed by atoms with E-state index in [1.807, 2.05) is 30.3 Å². The Balaban J connectivity index is 1.88. The van der Waals surface area contributed by atoms with E-state index in [1.165, 1.54) is 12.8 Å². The topological polar surface area (TPSA) is 46.2 Å². The molecule has 0 aliphatic heterocycles. The summed E-state index contributed by atoms with van der Waals surface area (Å²) in [6, 6.07) is 13.0. The van der Waals surface area contributed by atoms with Gasteiger partial charge in [0.1, 0.15) is 0 Å². The summed E-state index contributed by atoms with van der Waals surface area (Å²) in [6.07, 6.45) is 4.72. The Labute approximate surface area is 120 Å². The molecule has 1 N–H and O–H groups in total. The number of hydrogen-bond acceptors (Lipinski definition) is 2. The number of hydrogen-bond donors (Lipinski definition) is 1. The molecule has 0 spiro atoms. The molecule has 0 heterocycles. The number of sulfonamides is 1.